The van der Waals surface area contributed by atoms with Crippen LogP contribution in [0.3, 0.4) is 0 Å². The van der Waals surface area contributed by atoms with Gasteiger partial charge in [0.25, 0.3) is 0 Å². The van der Waals surface area contributed by atoms with E-state index in [0.717, 1.165) is 0 Å². The summed E-state index contributed by atoms with van der Waals surface area (Å²) in [6.07, 6.45) is 4.69. The van der Waals surface area contributed by atoms with Crippen molar-refractivity contribution in [3.05, 3.63) is 12.7 Å². The molecule has 9 heavy (non-hydrogen) atoms. The van der Waals surface area contributed by atoms with Crippen molar-refractivity contribution in [1.29, 1.82) is 0 Å². The van der Waals surface area contributed by atoms with Gasteiger partial charge in [-0.25, -0.2) is 0 Å². The molecule has 1 aliphatic heterocycles. The SMILES string of the molecule is C=CC(C)C1CCCN1. The van der Waals surface area contributed by atoms with Crippen LogP contribution in [0.15, 0.2) is 12.7 Å². The molecule has 52 valence electrons. The van der Waals surface area contributed by atoms with Crippen LogP contribution in [-0.2, 0) is 0 Å². The lowest BCUT2D eigenvalue weighted by atomic mass is 10.0. The highest BCUT2D eigenvalue weighted by molar-refractivity contribution is 4.88. The normalized spacial score (nSPS) is 30.1. The zero-order valence-corrected chi connectivity index (χ0v) is 6.06. The molecule has 1 rings (SSSR count). The smallest absolute Gasteiger partial charge is 0.0128 e. The van der Waals surface area contributed by atoms with E-state index < -0.39 is 0 Å². The summed E-state index contributed by atoms with van der Waals surface area (Å²) in [4.78, 5) is 0. The standard InChI is InChI=1S/C8H15N/c1-3-7(2)8-5-4-6-9-8/h3,7-9H,1,4-6H2,2H3. The minimum Gasteiger partial charge on any atom is -0.313 e. The van der Waals surface area contributed by atoms with Gasteiger partial charge in [-0.1, -0.05) is 13.0 Å². The number of hydrogen-bond donors (Lipinski definition) is 1. The van der Waals surface area contributed by atoms with Gasteiger partial charge in [0.15, 0.2) is 0 Å². The summed E-state index contributed by atoms with van der Waals surface area (Å²) in [5, 5.41) is 3.44. The summed E-state index contributed by atoms with van der Waals surface area (Å²) in [6, 6.07) is 0.711. The lowest BCUT2D eigenvalue weighted by molar-refractivity contribution is 0.493. The molecule has 1 nitrogen and oxygen atoms in total. The van der Waals surface area contributed by atoms with Gasteiger partial charge in [-0.2, -0.15) is 0 Å². The molecule has 2 atom stereocenters. The number of hydrogen-bond acceptors (Lipinski definition) is 1. The molecule has 0 aromatic heterocycles. The second-order valence-corrected chi connectivity index (χ2v) is 2.80. The van der Waals surface area contributed by atoms with Crippen LogP contribution in [0, 0.1) is 5.92 Å². The zero-order chi connectivity index (χ0) is 6.69. The molecule has 2 unspecified atom stereocenters. The van der Waals surface area contributed by atoms with Crippen molar-refractivity contribution in [2.45, 2.75) is 25.8 Å². The fourth-order valence-electron chi connectivity index (χ4n) is 1.32. The minimum absolute atomic E-state index is 0.646. The second-order valence-electron chi connectivity index (χ2n) is 2.80. The largest absolute Gasteiger partial charge is 0.313 e. The first-order chi connectivity index (χ1) is 4.34. The van der Waals surface area contributed by atoms with Crippen LogP contribution in [-0.4, -0.2) is 12.6 Å². The Labute approximate surface area is 57.1 Å². The molecule has 1 N–H and O–H groups in total. The zero-order valence-electron chi connectivity index (χ0n) is 6.06. The third kappa shape index (κ3) is 1.55. The molecular formula is C8H15N. The molecule has 1 saturated heterocycles. The maximum Gasteiger partial charge on any atom is 0.0128 e. The molecule has 1 fully saturated rings. The van der Waals surface area contributed by atoms with Gasteiger partial charge in [-0.05, 0) is 25.3 Å². The van der Waals surface area contributed by atoms with E-state index in [1.807, 2.05) is 6.08 Å². The molecule has 1 aliphatic rings. The van der Waals surface area contributed by atoms with Crippen molar-refractivity contribution in [2.75, 3.05) is 6.54 Å². The van der Waals surface area contributed by atoms with Crippen molar-refractivity contribution in [1.82, 2.24) is 5.32 Å². The van der Waals surface area contributed by atoms with Gasteiger partial charge in [0, 0.05) is 6.04 Å². The molecule has 0 radical (unpaired) electrons. The van der Waals surface area contributed by atoms with Crippen LogP contribution in [0.4, 0.5) is 0 Å². The van der Waals surface area contributed by atoms with E-state index in [0.29, 0.717) is 12.0 Å². The molecule has 1 heterocycles. The van der Waals surface area contributed by atoms with Crippen molar-refractivity contribution in [3.8, 4) is 0 Å². The first-order valence-corrected chi connectivity index (χ1v) is 3.70. The Morgan fingerprint density at radius 3 is 3.00 bits per heavy atom. The van der Waals surface area contributed by atoms with Crippen LogP contribution >= 0.6 is 0 Å². The summed E-state index contributed by atoms with van der Waals surface area (Å²) in [5.41, 5.74) is 0. The van der Waals surface area contributed by atoms with Crippen LogP contribution < -0.4 is 5.32 Å². The average molecular weight is 125 g/mol. The summed E-state index contributed by atoms with van der Waals surface area (Å²) in [7, 11) is 0. The van der Waals surface area contributed by atoms with E-state index in [-0.39, 0.29) is 0 Å². The van der Waals surface area contributed by atoms with Gasteiger partial charge in [-0.3, -0.25) is 0 Å². The monoisotopic (exact) mass is 125 g/mol. The Bertz CT molecular complexity index is 92.7. The molecule has 0 aliphatic carbocycles. The molecule has 0 bridgehead atoms. The third-order valence-corrected chi connectivity index (χ3v) is 2.10. The number of nitrogens with one attached hydrogen (secondary N) is 1. The Morgan fingerprint density at radius 2 is 2.56 bits per heavy atom. The fourth-order valence-corrected chi connectivity index (χ4v) is 1.32. The summed E-state index contributed by atoms with van der Waals surface area (Å²) in [6.45, 7) is 7.18. The van der Waals surface area contributed by atoms with Crippen molar-refractivity contribution < 1.29 is 0 Å². The average Bonchev–Trinajstić information content (AvgIpc) is 2.37. The number of rotatable bonds is 2. The topological polar surface area (TPSA) is 12.0 Å². The Hall–Kier alpha value is -0.300. The van der Waals surface area contributed by atoms with Crippen LogP contribution in [0.5, 0.6) is 0 Å². The summed E-state index contributed by atoms with van der Waals surface area (Å²) >= 11 is 0. The van der Waals surface area contributed by atoms with Gasteiger partial charge < -0.3 is 5.32 Å². The Kier molecular flexibility index (Phi) is 2.29. The predicted octanol–water partition coefficient (Wildman–Crippen LogP) is 1.56. The second kappa shape index (κ2) is 3.02. The van der Waals surface area contributed by atoms with Crippen LogP contribution in [0.2, 0.25) is 0 Å². The van der Waals surface area contributed by atoms with E-state index in [1.54, 1.807) is 0 Å². The highest BCUT2D eigenvalue weighted by Crippen LogP contribution is 2.14. The minimum atomic E-state index is 0.646. The first-order valence-electron chi connectivity index (χ1n) is 3.70. The van der Waals surface area contributed by atoms with Crippen molar-refractivity contribution in [2.24, 2.45) is 5.92 Å². The van der Waals surface area contributed by atoms with Gasteiger partial charge >= 0.3 is 0 Å². The van der Waals surface area contributed by atoms with Gasteiger partial charge in [0.05, 0.1) is 0 Å². The highest BCUT2D eigenvalue weighted by Gasteiger charge is 2.17. The fraction of sp³-hybridized carbons (Fsp3) is 0.750. The van der Waals surface area contributed by atoms with E-state index in [1.165, 1.54) is 19.4 Å². The molecule has 0 saturated carbocycles. The third-order valence-electron chi connectivity index (χ3n) is 2.10. The molecule has 1 heteroatoms. The predicted molar refractivity (Wildman–Crippen MR) is 40.4 cm³/mol. The van der Waals surface area contributed by atoms with Gasteiger partial charge in [0.2, 0.25) is 0 Å². The highest BCUT2D eigenvalue weighted by atomic mass is 14.9. The van der Waals surface area contributed by atoms with Crippen LogP contribution in [0.25, 0.3) is 0 Å². The van der Waals surface area contributed by atoms with Gasteiger partial charge in [-0.15, -0.1) is 6.58 Å². The van der Waals surface area contributed by atoms with E-state index >= 15 is 0 Å². The molecule has 0 aromatic carbocycles. The quantitative estimate of drug-likeness (QED) is 0.552. The van der Waals surface area contributed by atoms with Crippen molar-refractivity contribution in [3.63, 3.8) is 0 Å². The Morgan fingerprint density at radius 1 is 1.78 bits per heavy atom. The molecule has 0 aromatic rings. The van der Waals surface area contributed by atoms with E-state index in [2.05, 4.69) is 18.8 Å². The summed E-state index contributed by atoms with van der Waals surface area (Å²) < 4.78 is 0. The lowest BCUT2D eigenvalue weighted by Crippen LogP contribution is -2.27. The molecular weight excluding hydrogens is 110 g/mol. The maximum atomic E-state index is 3.77. The maximum absolute atomic E-state index is 3.77. The first kappa shape index (κ1) is 6.81. The van der Waals surface area contributed by atoms with E-state index in [4.69, 9.17) is 0 Å². The molecule has 0 amide bonds. The van der Waals surface area contributed by atoms with E-state index in [9.17, 15) is 0 Å². The van der Waals surface area contributed by atoms with Gasteiger partial charge in [0.1, 0.15) is 0 Å². The summed E-state index contributed by atoms with van der Waals surface area (Å²) in [5.74, 6) is 0.646. The molecule has 0 spiro atoms. The van der Waals surface area contributed by atoms with Crippen LogP contribution in [0.1, 0.15) is 19.8 Å². The Balaban J connectivity index is 2.32. The lowest BCUT2D eigenvalue weighted by Gasteiger charge is -2.14. The van der Waals surface area contributed by atoms with Crippen molar-refractivity contribution >= 4 is 0 Å².